The predicted octanol–water partition coefficient (Wildman–Crippen LogP) is 1.95. The number of nitrogens with one attached hydrogen (secondary N) is 3. The lowest BCUT2D eigenvalue weighted by Crippen LogP contribution is -2.50. The Morgan fingerprint density at radius 2 is 1.65 bits per heavy atom. The molecular formula is C19H21N3O3S. The minimum atomic E-state index is -0.416. The number of ether oxygens (including phenoxy) is 1. The van der Waals surface area contributed by atoms with Crippen LogP contribution in [0.3, 0.4) is 0 Å². The van der Waals surface area contributed by atoms with Gasteiger partial charge in [-0.25, -0.2) is 0 Å². The first-order valence-corrected chi connectivity index (χ1v) is 8.47. The average molecular weight is 371 g/mol. The van der Waals surface area contributed by atoms with Crippen LogP contribution in [0, 0.1) is 13.8 Å². The second-order valence-electron chi connectivity index (χ2n) is 5.76. The molecule has 0 aliphatic carbocycles. The number of thiocarbonyl (C=S) groups is 1. The van der Waals surface area contributed by atoms with Crippen molar-refractivity contribution in [2.45, 2.75) is 20.3 Å². The Morgan fingerprint density at radius 3 is 2.35 bits per heavy atom. The highest BCUT2D eigenvalue weighted by Gasteiger charge is 2.09. The van der Waals surface area contributed by atoms with Crippen LogP contribution in [0.25, 0.3) is 0 Å². The number of aryl methyl sites for hydroxylation is 2. The molecule has 2 rings (SSSR count). The van der Waals surface area contributed by atoms with E-state index in [1.807, 2.05) is 50.2 Å². The van der Waals surface area contributed by atoms with Crippen LogP contribution in [0.2, 0.25) is 0 Å². The van der Waals surface area contributed by atoms with Crippen LogP contribution >= 0.6 is 12.2 Å². The Bertz CT molecular complexity index is 791. The van der Waals surface area contributed by atoms with Gasteiger partial charge in [-0.05, 0) is 49.3 Å². The Balaban J connectivity index is 1.69. The zero-order valence-electron chi connectivity index (χ0n) is 14.7. The molecule has 6 nitrogen and oxygen atoms in total. The summed E-state index contributed by atoms with van der Waals surface area (Å²) in [6, 6.07) is 15.0. The van der Waals surface area contributed by atoms with Gasteiger partial charge in [0.05, 0.1) is 6.42 Å². The fourth-order valence-corrected chi connectivity index (χ4v) is 2.29. The second-order valence-corrected chi connectivity index (χ2v) is 6.16. The van der Waals surface area contributed by atoms with Crippen LogP contribution in [0.5, 0.6) is 5.75 Å². The van der Waals surface area contributed by atoms with Crippen molar-refractivity contribution in [1.29, 1.82) is 0 Å². The van der Waals surface area contributed by atoms with Gasteiger partial charge in [0.2, 0.25) is 5.91 Å². The van der Waals surface area contributed by atoms with E-state index in [1.54, 1.807) is 12.1 Å². The molecule has 0 spiro atoms. The number of carbonyl (C=O) groups excluding carboxylic acids is 2. The van der Waals surface area contributed by atoms with E-state index in [0.717, 1.165) is 16.7 Å². The monoisotopic (exact) mass is 371 g/mol. The highest BCUT2D eigenvalue weighted by Crippen LogP contribution is 2.10. The van der Waals surface area contributed by atoms with Gasteiger partial charge >= 0.3 is 0 Å². The van der Waals surface area contributed by atoms with E-state index in [-0.39, 0.29) is 24.0 Å². The van der Waals surface area contributed by atoms with Gasteiger partial charge in [-0.15, -0.1) is 0 Å². The Kier molecular flexibility index (Phi) is 7.11. The van der Waals surface area contributed by atoms with Crippen molar-refractivity contribution >= 4 is 29.1 Å². The van der Waals surface area contributed by atoms with Crippen LogP contribution in [-0.4, -0.2) is 23.5 Å². The average Bonchev–Trinajstić information content (AvgIpc) is 2.61. The van der Waals surface area contributed by atoms with Gasteiger partial charge < -0.3 is 10.1 Å². The van der Waals surface area contributed by atoms with Crippen molar-refractivity contribution in [3.05, 3.63) is 65.2 Å². The molecule has 0 aliphatic heterocycles. The molecule has 0 unspecified atom stereocenters. The largest absolute Gasteiger partial charge is 0.484 e. The molecule has 3 N–H and O–H groups in total. The van der Waals surface area contributed by atoms with Gasteiger partial charge in [-0.3, -0.25) is 20.4 Å². The maximum atomic E-state index is 12.0. The summed E-state index contributed by atoms with van der Waals surface area (Å²) in [7, 11) is 0. The van der Waals surface area contributed by atoms with Gasteiger partial charge in [0.25, 0.3) is 5.91 Å². The Morgan fingerprint density at radius 1 is 0.962 bits per heavy atom. The predicted molar refractivity (Wildman–Crippen MR) is 104 cm³/mol. The van der Waals surface area contributed by atoms with E-state index in [9.17, 15) is 9.59 Å². The minimum absolute atomic E-state index is 0.0206. The number of hydrogen-bond acceptors (Lipinski definition) is 4. The van der Waals surface area contributed by atoms with E-state index < -0.39 is 5.91 Å². The zero-order valence-corrected chi connectivity index (χ0v) is 15.5. The topological polar surface area (TPSA) is 79.5 Å². The number of rotatable bonds is 5. The molecule has 2 amide bonds. The fraction of sp³-hybridized carbons (Fsp3) is 0.211. The van der Waals surface area contributed by atoms with Gasteiger partial charge in [0, 0.05) is 0 Å². The fourth-order valence-electron chi connectivity index (χ4n) is 2.13. The van der Waals surface area contributed by atoms with Crippen molar-refractivity contribution in [2.75, 3.05) is 6.61 Å². The molecule has 0 saturated heterocycles. The van der Waals surface area contributed by atoms with Crippen molar-refractivity contribution in [2.24, 2.45) is 0 Å². The SMILES string of the molecule is Cc1ccc(OCC(=O)NNC(=S)NC(=O)Cc2ccccc2C)cc1. The number of hydrazine groups is 1. The van der Waals surface area contributed by atoms with Crippen LogP contribution in [0.1, 0.15) is 16.7 Å². The molecule has 0 heterocycles. The standard InChI is InChI=1S/C19H21N3O3S/c1-13-7-9-16(10-8-13)25-12-18(24)21-22-19(26)20-17(23)11-15-6-4-3-5-14(15)2/h3-10H,11-12H2,1-2H3,(H,21,24)(H2,20,22,23,26). The summed E-state index contributed by atoms with van der Waals surface area (Å²) in [5.74, 6) is -0.0807. The number of benzene rings is 2. The summed E-state index contributed by atoms with van der Waals surface area (Å²) in [5.41, 5.74) is 7.91. The maximum absolute atomic E-state index is 12.0. The van der Waals surface area contributed by atoms with Crippen LogP contribution < -0.4 is 20.9 Å². The highest BCUT2D eigenvalue weighted by molar-refractivity contribution is 7.80. The van der Waals surface area contributed by atoms with E-state index in [4.69, 9.17) is 17.0 Å². The Labute approximate surface area is 157 Å². The second kappa shape index (κ2) is 9.53. The summed E-state index contributed by atoms with van der Waals surface area (Å²) < 4.78 is 5.35. The van der Waals surface area contributed by atoms with Gasteiger partial charge in [0.15, 0.2) is 11.7 Å². The smallest absolute Gasteiger partial charge is 0.276 e. The lowest BCUT2D eigenvalue weighted by atomic mass is 10.1. The molecule has 26 heavy (non-hydrogen) atoms. The number of hydrogen-bond donors (Lipinski definition) is 3. The molecule has 0 saturated carbocycles. The molecule has 0 radical (unpaired) electrons. The zero-order chi connectivity index (χ0) is 18.9. The lowest BCUT2D eigenvalue weighted by molar-refractivity contribution is -0.124. The molecule has 0 aromatic heterocycles. The number of carbonyl (C=O) groups is 2. The van der Waals surface area contributed by atoms with E-state index in [1.165, 1.54) is 0 Å². The normalized spacial score (nSPS) is 9.92. The highest BCUT2D eigenvalue weighted by atomic mass is 32.1. The summed E-state index contributed by atoms with van der Waals surface area (Å²) in [4.78, 5) is 23.7. The van der Waals surface area contributed by atoms with Crippen LogP contribution in [0.15, 0.2) is 48.5 Å². The molecule has 0 fully saturated rings. The van der Waals surface area contributed by atoms with Crippen molar-refractivity contribution in [3.63, 3.8) is 0 Å². The summed E-state index contributed by atoms with van der Waals surface area (Å²) in [6.45, 7) is 3.73. The minimum Gasteiger partial charge on any atom is -0.484 e. The van der Waals surface area contributed by atoms with Crippen LogP contribution in [0.4, 0.5) is 0 Å². The molecule has 136 valence electrons. The summed E-state index contributed by atoms with van der Waals surface area (Å²) >= 11 is 4.99. The van der Waals surface area contributed by atoms with Gasteiger partial charge in [-0.1, -0.05) is 42.0 Å². The third-order valence-corrected chi connectivity index (χ3v) is 3.78. The maximum Gasteiger partial charge on any atom is 0.276 e. The van der Waals surface area contributed by atoms with Crippen LogP contribution in [-0.2, 0) is 16.0 Å². The van der Waals surface area contributed by atoms with Gasteiger partial charge in [-0.2, -0.15) is 0 Å². The summed E-state index contributed by atoms with van der Waals surface area (Å²) in [6.07, 6.45) is 0.207. The van der Waals surface area contributed by atoms with Crippen molar-refractivity contribution < 1.29 is 14.3 Å². The van der Waals surface area contributed by atoms with Crippen molar-refractivity contribution in [1.82, 2.24) is 16.2 Å². The lowest BCUT2D eigenvalue weighted by Gasteiger charge is -2.12. The van der Waals surface area contributed by atoms with Crippen molar-refractivity contribution in [3.8, 4) is 5.75 Å². The third kappa shape index (κ3) is 6.52. The Hall–Kier alpha value is -2.93. The first-order valence-electron chi connectivity index (χ1n) is 8.06. The summed E-state index contributed by atoms with van der Waals surface area (Å²) in [5, 5.41) is 2.54. The molecule has 2 aromatic rings. The van der Waals surface area contributed by atoms with E-state index >= 15 is 0 Å². The molecule has 0 atom stereocenters. The molecule has 0 bridgehead atoms. The van der Waals surface area contributed by atoms with E-state index in [2.05, 4.69) is 16.2 Å². The third-order valence-electron chi connectivity index (χ3n) is 3.57. The quantitative estimate of drug-likeness (QED) is 0.553. The van der Waals surface area contributed by atoms with E-state index in [0.29, 0.717) is 5.75 Å². The molecule has 7 heteroatoms. The first-order chi connectivity index (χ1) is 12.4. The molecular weight excluding hydrogens is 350 g/mol. The van der Waals surface area contributed by atoms with Gasteiger partial charge in [0.1, 0.15) is 5.75 Å². The first kappa shape index (κ1) is 19.4. The number of amides is 2. The molecule has 0 aliphatic rings. The molecule has 2 aromatic carbocycles.